The van der Waals surface area contributed by atoms with Crippen LogP contribution in [0.3, 0.4) is 0 Å². The van der Waals surface area contributed by atoms with E-state index < -0.39 is 0 Å². The highest BCUT2D eigenvalue weighted by molar-refractivity contribution is 7.15. The molecule has 0 radical (unpaired) electrons. The molecule has 0 saturated heterocycles. The van der Waals surface area contributed by atoms with E-state index in [2.05, 4.69) is 23.7 Å². The maximum atomic E-state index is 9.01. The second-order valence-corrected chi connectivity index (χ2v) is 3.90. The summed E-state index contributed by atoms with van der Waals surface area (Å²) in [4.78, 5) is 7.57. The van der Waals surface area contributed by atoms with Gasteiger partial charge in [-0.25, -0.2) is 4.98 Å². The maximum absolute atomic E-state index is 9.01. The van der Waals surface area contributed by atoms with Crippen LogP contribution < -0.4 is 4.90 Å². The van der Waals surface area contributed by atoms with Crippen LogP contribution in [-0.4, -0.2) is 23.2 Å². The Morgan fingerprint density at radius 2 is 2.00 bits per heavy atom. The summed E-state index contributed by atoms with van der Waals surface area (Å²) in [6.07, 6.45) is 0. The van der Waals surface area contributed by atoms with Crippen LogP contribution >= 0.6 is 11.3 Å². The molecule has 74 valence electrons. The van der Waals surface area contributed by atoms with Gasteiger partial charge in [-0.1, -0.05) is 11.3 Å². The van der Waals surface area contributed by atoms with E-state index in [0.717, 1.165) is 28.8 Å². The second-order valence-electron chi connectivity index (χ2n) is 2.84. The Kier molecular flexibility index (Phi) is 3.69. The summed E-state index contributed by atoms with van der Waals surface area (Å²) in [6.45, 7) is 8.19. The van der Waals surface area contributed by atoms with Gasteiger partial charge in [0.1, 0.15) is 0 Å². The Hall–Kier alpha value is -0.610. The molecule has 1 aromatic heterocycles. The van der Waals surface area contributed by atoms with Gasteiger partial charge in [0.25, 0.3) is 0 Å². The minimum absolute atomic E-state index is 0.102. The molecule has 1 N–H and O–H groups in total. The van der Waals surface area contributed by atoms with Crippen LogP contribution in [0.15, 0.2) is 0 Å². The van der Waals surface area contributed by atoms with E-state index in [0.29, 0.717) is 0 Å². The lowest BCUT2D eigenvalue weighted by Crippen LogP contribution is -2.21. The predicted octanol–water partition coefficient (Wildman–Crippen LogP) is 1.79. The zero-order valence-corrected chi connectivity index (χ0v) is 9.19. The number of aliphatic hydroxyl groups excluding tert-OH is 1. The van der Waals surface area contributed by atoms with E-state index >= 15 is 0 Å². The smallest absolute Gasteiger partial charge is 0.185 e. The number of anilines is 1. The molecule has 0 bridgehead atoms. The molecular weight excluding hydrogens is 184 g/mol. The molecule has 0 saturated carbocycles. The van der Waals surface area contributed by atoms with Crippen LogP contribution in [0.5, 0.6) is 0 Å². The zero-order chi connectivity index (χ0) is 9.84. The summed E-state index contributed by atoms with van der Waals surface area (Å²) in [7, 11) is 0. The van der Waals surface area contributed by atoms with E-state index in [1.807, 2.05) is 6.92 Å². The Balaban J connectivity index is 2.88. The fourth-order valence-electron chi connectivity index (χ4n) is 1.19. The fraction of sp³-hybridized carbons (Fsp3) is 0.667. The summed E-state index contributed by atoms with van der Waals surface area (Å²) < 4.78 is 0. The van der Waals surface area contributed by atoms with E-state index in [1.54, 1.807) is 11.3 Å². The highest BCUT2D eigenvalue weighted by Crippen LogP contribution is 2.25. The molecule has 3 nitrogen and oxygen atoms in total. The normalized spacial score (nSPS) is 10.5. The van der Waals surface area contributed by atoms with Crippen molar-refractivity contribution >= 4 is 16.5 Å². The molecular formula is C9H16N2OS. The zero-order valence-electron chi connectivity index (χ0n) is 8.37. The van der Waals surface area contributed by atoms with Crippen molar-refractivity contribution in [1.29, 1.82) is 0 Å². The Bertz CT molecular complexity index is 269. The summed E-state index contributed by atoms with van der Waals surface area (Å²) in [5.74, 6) is 0. The molecule has 0 fully saturated rings. The van der Waals surface area contributed by atoms with E-state index in [1.165, 1.54) is 0 Å². The summed E-state index contributed by atoms with van der Waals surface area (Å²) in [5.41, 5.74) is 0.953. The second kappa shape index (κ2) is 4.58. The topological polar surface area (TPSA) is 36.4 Å². The molecule has 1 rings (SSSR count). The van der Waals surface area contributed by atoms with Gasteiger partial charge in [0, 0.05) is 13.1 Å². The van der Waals surface area contributed by atoms with Gasteiger partial charge >= 0.3 is 0 Å². The number of rotatable bonds is 4. The molecule has 0 spiro atoms. The Labute approximate surface area is 83.0 Å². The molecule has 0 amide bonds. The van der Waals surface area contributed by atoms with Gasteiger partial charge in [-0.05, 0) is 20.8 Å². The maximum Gasteiger partial charge on any atom is 0.185 e. The van der Waals surface area contributed by atoms with Gasteiger partial charge < -0.3 is 10.0 Å². The van der Waals surface area contributed by atoms with E-state index in [-0.39, 0.29) is 6.61 Å². The van der Waals surface area contributed by atoms with Crippen LogP contribution in [0, 0.1) is 6.92 Å². The largest absolute Gasteiger partial charge is 0.391 e. The molecule has 0 aliphatic heterocycles. The monoisotopic (exact) mass is 200 g/mol. The number of nitrogens with zero attached hydrogens (tertiary/aromatic N) is 2. The van der Waals surface area contributed by atoms with Crippen molar-refractivity contribution in [2.45, 2.75) is 27.4 Å². The lowest BCUT2D eigenvalue weighted by molar-refractivity contribution is 0.284. The Morgan fingerprint density at radius 3 is 2.38 bits per heavy atom. The highest BCUT2D eigenvalue weighted by Gasteiger charge is 2.10. The first-order chi connectivity index (χ1) is 6.22. The number of hydrogen-bond donors (Lipinski definition) is 1. The molecule has 1 heterocycles. The average Bonchev–Trinajstić information content (AvgIpc) is 2.49. The first-order valence-corrected chi connectivity index (χ1v) is 5.36. The van der Waals surface area contributed by atoms with Crippen molar-refractivity contribution in [2.75, 3.05) is 18.0 Å². The van der Waals surface area contributed by atoms with Gasteiger partial charge in [-0.3, -0.25) is 0 Å². The number of aryl methyl sites for hydroxylation is 1. The average molecular weight is 200 g/mol. The first kappa shape index (κ1) is 10.5. The molecule has 0 aliphatic carbocycles. The lowest BCUT2D eigenvalue weighted by atomic mass is 10.4. The third kappa shape index (κ3) is 2.19. The van der Waals surface area contributed by atoms with Crippen molar-refractivity contribution in [1.82, 2.24) is 4.98 Å². The van der Waals surface area contributed by atoms with Crippen LogP contribution in [0.25, 0.3) is 0 Å². The summed E-state index contributed by atoms with van der Waals surface area (Å²) in [5, 5.41) is 10.0. The van der Waals surface area contributed by atoms with Gasteiger partial charge in [0.15, 0.2) is 5.13 Å². The minimum atomic E-state index is 0.102. The number of hydrogen-bond acceptors (Lipinski definition) is 4. The van der Waals surface area contributed by atoms with Crippen molar-refractivity contribution in [3.8, 4) is 0 Å². The van der Waals surface area contributed by atoms with Crippen LogP contribution in [0.2, 0.25) is 0 Å². The predicted molar refractivity (Wildman–Crippen MR) is 56.3 cm³/mol. The number of thiazole rings is 1. The van der Waals surface area contributed by atoms with Crippen molar-refractivity contribution in [3.05, 3.63) is 10.6 Å². The molecule has 1 aromatic rings. The Morgan fingerprint density at radius 1 is 1.38 bits per heavy atom. The van der Waals surface area contributed by atoms with Gasteiger partial charge in [-0.15, -0.1) is 0 Å². The third-order valence-corrected chi connectivity index (χ3v) is 3.26. The highest BCUT2D eigenvalue weighted by atomic mass is 32.1. The van der Waals surface area contributed by atoms with Crippen LogP contribution in [0.4, 0.5) is 5.13 Å². The van der Waals surface area contributed by atoms with Crippen LogP contribution in [0.1, 0.15) is 24.4 Å². The summed E-state index contributed by atoms with van der Waals surface area (Å²) >= 11 is 1.58. The summed E-state index contributed by atoms with van der Waals surface area (Å²) in [6, 6.07) is 0. The lowest BCUT2D eigenvalue weighted by Gasteiger charge is -2.16. The SMILES string of the molecule is CCN(CC)c1nc(C)c(CO)s1. The molecule has 0 unspecified atom stereocenters. The van der Waals surface area contributed by atoms with E-state index in [9.17, 15) is 0 Å². The van der Waals surface area contributed by atoms with Crippen LogP contribution in [-0.2, 0) is 6.61 Å². The number of aromatic nitrogens is 1. The van der Waals surface area contributed by atoms with Crippen molar-refractivity contribution < 1.29 is 5.11 Å². The number of aliphatic hydroxyl groups is 1. The molecule has 13 heavy (non-hydrogen) atoms. The first-order valence-electron chi connectivity index (χ1n) is 4.55. The minimum Gasteiger partial charge on any atom is -0.391 e. The van der Waals surface area contributed by atoms with Gasteiger partial charge in [-0.2, -0.15) is 0 Å². The van der Waals surface area contributed by atoms with Gasteiger partial charge in [0.05, 0.1) is 17.2 Å². The molecule has 0 aliphatic rings. The van der Waals surface area contributed by atoms with Crippen molar-refractivity contribution in [2.24, 2.45) is 0 Å². The molecule has 0 aromatic carbocycles. The van der Waals surface area contributed by atoms with Crippen molar-refractivity contribution in [3.63, 3.8) is 0 Å². The fourth-order valence-corrected chi connectivity index (χ4v) is 2.24. The third-order valence-electron chi connectivity index (χ3n) is 2.06. The molecule has 4 heteroatoms. The van der Waals surface area contributed by atoms with Gasteiger partial charge in [0.2, 0.25) is 0 Å². The molecule has 0 atom stereocenters. The standard InChI is InChI=1S/C9H16N2OS/c1-4-11(5-2)9-10-7(3)8(6-12)13-9/h12H,4-6H2,1-3H3. The van der Waals surface area contributed by atoms with E-state index in [4.69, 9.17) is 5.11 Å². The quantitative estimate of drug-likeness (QED) is 0.805.